The second-order valence-corrected chi connectivity index (χ2v) is 8.87. The van der Waals surface area contributed by atoms with E-state index in [9.17, 15) is 4.79 Å². The fourth-order valence-electron chi connectivity index (χ4n) is 3.61. The van der Waals surface area contributed by atoms with Gasteiger partial charge in [0.05, 0.1) is 0 Å². The zero-order valence-electron chi connectivity index (χ0n) is 18.1. The lowest BCUT2D eigenvalue weighted by Crippen LogP contribution is -2.13. The molecule has 0 atom stereocenters. The molecule has 0 aliphatic rings. The number of fused-ring (bicyclic) bond motifs is 1. The highest BCUT2D eigenvalue weighted by Crippen LogP contribution is 2.29. The number of anilines is 1. The topological polar surface area (TPSA) is 64.4 Å². The van der Waals surface area contributed by atoms with Crippen molar-refractivity contribution in [1.82, 2.24) is 4.98 Å². The van der Waals surface area contributed by atoms with Crippen LogP contribution >= 0.6 is 11.3 Å². The Balaban J connectivity index is 1.36. The first-order valence-electron chi connectivity index (χ1n) is 10.7. The summed E-state index contributed by atoms with van der Waals surface area (Å²) in [5, 5.41) is 4.29. The molecule has 2 aromatic heterocycles. The van der Waals surface area contributed by atoms with Gasteiger partial charge in [0.25, 0.3) is 5.91 Å². The summed E-state index contributed by atoms with van der Waals surface area (Å²) in [7, 11) is 0. The van der Waals surface area contributed by atoms with Crippen molar-refractivity contribution >= 4 is 33.3 Å². The van der Waals surface area contributed by atoms with E-state index < -0.39 is 0 Å². The van der Waals surface area contributed by atoms with Crippen LogP contribution in [0.15, 0.2) is 89.5 Å². The maximum Gasteiger partial charge on any atom is 0.293 e. The summed E-state index contributed by atoms with van der Waals surface area (Å²) >= 11 is 1.46. The number of benzene rings is 3. The van der Waals surface area contributed by atoms with Crippen LogP contribution in [-0.4, -0.2) is 10.9 Å². The minimum atomic E-state index is -0.339. The number of rotatable bonds is 7. The summed E-state index contributed by atoms with van der Waals surface area (Å²) < 4.78 is 11.9. The third kappa shape index (κ3) is 4.81. The highest BCUT2D eigenvalue weighted by atomic mass is 32.1. The normalized spacial score (nSPS) is 10.9. The molecule has 164 valence electrons. The number of amides is 1. The Morgan fingerprint density at radius 2 is 1.76 bits per heavy atom. The number of aryl methyl sites for hydroxylation is 1. The van der Waals surface area contributed by atoms with Crippen LogP contribution in [0, 0.1) is 6.92 Å². The number of hydrogen-bond acceptors (Lipinski definition) is 5. The van der Waals surface area contributed by atoms with Crippen molar-refractivity contribution in [2.24, 2.45) is 0 Å². The van der Waals surface area contributed by atoms with E-state index >= 15 is 0 Å². The summed E-state index contributed by atoms with van der Waals surface area (Å²) in [6, 6.07) is 25.6. The van der Waals surface area contributed by atoms with Crippen molar-refractivity contribution in [3.63, 3.8) is 0 Å². The lowest BCUT2D eigenvalue weighted by Gasteiger charge is -2.07. The SMILES string of the molecule is Cc1ccc(OCc2c(C(=O)Nc3ncc(Cc4ccccc4)s3)oc3ccccc23)cc1. The van der Waals surface area contributed by atoms with Crippen LogP contribution in [0.25, 0.3) is 11.0 Å². The van der Waals surface area contributed by atoms with E-state index in [1.807, 2.05) is 73.7 Å². The predicted octanol–water partition coefficient (Wildman–Crippen LogP) is 6.62. The van der Waals surface area contributed by atoms with E-state index in [-0.39, 0.29) is 18.3 Å². The summed E-state index contributed by atoms with van der Waals surface area (Å²) in [5.74, 6) is 0.639. The van der Waals surface area contributed by atoms with Crippen LogP contribution in [0.3, 0.4) is 0 Å². The van der Waals surface area contributed by atoms with Gasteiger partial charge < -0.3 is 9.15 Å². The zero-order chi connectivity index (χ0) is 22.6. The molecule has 0 unspecified atom stereocenters. The number of hydrogen-bond donors (Lipinski definition) is 1. The molecule has 2 heterocycles. The molecule has 0 fully saturated rings. The van der Waals surface area contributed by atoms with Crippen LogP contribution in [0.4, 0.5) is 5.13 Å². The Labute approximate surface area is 195 Å². The van der Waals surface area contributed by atoms with Crippen molar-refractivity contribution in [2.75, 3.05) is 5.32 Å². The van der Waals surface area contributed by atoms with Crippen molar-refractivity contribution in [2.45, 2.75) is 20.0 Å². The van der Waals surface area contributed by atoms with Crippen molar-refractivity contribution in [1.29, 1.82) is 0 Å². The van der Waals surface area contributed by atoms with Gasteiger partial charge in [0.15, 0.2) is 10.9 Å². The number of nitrogens with zero attached hydrogens (tertiary/aromatic N) is 1. The van der Waals surface area contributed by atoms with E-state index in [0.717, 1.165) is 28.0 Å². The highest BCUT2D eigenvalue weighted by Gasteiger charge is 2.22. The number of furan rings is 1. The molecule has 5 aromatic rings. The molecule has 0 saturated heterocycles. The van der Waals surface area contributed by atoms with E-state index in [2.05, 4.69) is 22.4 Å². The third-order valence-corrected chi connectivity index (χ3v) is 6.22. The first kappa shape index (κ1) is 21.0. The molecule has 5 rings (SSSR count). The molecule has 0 bridgehead atoms. The van der Waals surface area contributed by atoms with Gasteiger partial charge >= 0.3 is 0 Å². The van der Waals surface area contributed by atoms with Crippen molar-refractivity contribution in [3.8, 4) is 5.75 Å². The van der Waals surface area contributed by atoms with Gasteiger partial charge in [-0.05, 0) is 30.7 Å². The second-order valence-electron chi connectivity index (χ2n) is 7.76. The van der Waals surface area contributed by atoms with E-state index in [1.165, 1.54) is 16.9 Å². The summed E-state index contributed by atoms with van der Waals surface area (Å²) in [6.07, 6.45) is 2.57. The molecular formula is C27H22N2O3S. The predicted molar refractivity (Wildman–Crippen MR) is 131 cm³/mol. The summed E-state index contributed by atoms with van der Waals surface area (Å²) in [5.41, 5.74) is 3.72. The number of ether oxygens (including phenoxy) is 1. The molecule has 0 radical (unpaired) electrons. The van der Waals surface area contributed by atoms with Crippen LogP contribution in [-0.2, 0) is 13.0 Å². The first-order chi connectivity index (χ1) is 16.2. The zero-order valence-corrected chi connectivity index (χ0v) is 18.9. The molecule has 6 heteroatoms. The Hall–Kier alpha value is -3.90. The summed E-state index contributed by atoms with van der Waals surface area (Å²) in [4.78, 5) is 18.6. The average Bonchev–Trinajstić information content (AvgIpc) is 3.43. The van der Waals surface area contributed by atoms with Crippen LogP contribution in [0.5, 0.6) is 5.75 Å². The number of aromatic nitrogens is 1. The van der Waals surface area contributed by atoms with Crippen molar-refractivity contribution < 1.29 is 13.9 Å². The summed E-state index contributed by atoms with van der Waals surface area (Å²) in [6.45, 7) is 2.25. The lowest BCUT2D eigenvalue weighted by atomic mass is 10.1. The van der Waals surface area contributed by atoms with E-state index in [4.69, 9.17) is 9.15 Å². The Kier molecular flexibility index (Phi) is 5.91. The maximum absolute atomic E-state index is 13.1. The monoisotopic (exact) mass is 454 g/mol. The van der Waals surface area contributed by atoms with Gasteiger partial charge in [0, 0.05) is 28.4 Å². The van der Waals surface area contributed by atoms with Crippen LogP contribution in [0.2, 0.25) is 0 Å². The molecule has 5 nitrogen and oxygen atoms in total. The molecular weight excluding hydrogens is 432 g/mol. The molecule has 0 aliphatic carbocycles. The molecule has 3 aromatic carbocycles. The number of nitrogens with one attached hydrogen (secondary N) is 1. The number of thiazole rings is 1. The standard InChI is InChI=1S/C27H22N2O3S/c1-18-11-13-20(14-12-18)31-17-23-22-9-5-6-10-24(22)32-25(23)26(30)29-27-28-16-21(33-27)15-19-7-3-2-4-8-19/h2-14,16H,15,17H2,1H3,(H,28,29,30). The van der Waals surface area contributed by atoms with Crippen LogP contribution < -0.4 is 10.1 Å². The first-order valence-corrected chi connectivity index (χ1v) is 11.5. The van der Waals surface area contributed by atoms with E-state index in [0.29, 0.717) is 16.3 Å². The molecule has 1 amide bonds. The van der Waals surface area contributed by atoms with Gasteiger partial charge in [-0.1, -0.05) is 66.2 Å². The Bertz CT molecular complexity index is 1390. The smallest absolute Gasteiger partial charge is 0.293 e. The van der Waals surface area contributed by atoms with Gasteiger partial charge in [-0.3, -0.25) is 10.1 Å². The minimum Gasteiger partial charge on any atom is -0.489 e. The van der Waals surface area contributed by atoms with Crippen molar-refractivity contribution in [3.05, 3.63) is 112 Å². The maximum atomic E-state index is 13.1. The lowest BCUT2D eigenvalue weighted by molar-refractivity contribution is 0.0995. The largest absolute Gasteiger partial charge is 0.489 e. The van der Waals surface area contributed by atoms with E-state index in [1.54, 1.807) is 6.20 Å². The average molecular weight is 455 g/mol. The van der Waals surface area contributed by atoms with Crippen LogP contribution in [0.1, 0.15) is 32.1 Å². The van der Waals surface area contributed by atoms with Gasteiger partial charge in [0.2, 0.25) is 0 Å². The number of para-hydroxylation sites is 1. The quantitative estimate of drug-likeness (QED) is 0.300. The van der Waals surface area contributed by atoms with Gasteiger partial charge in [0.1, 0.15) is 17.9 Å². The molecule has 0 aliphatic heterocycles. The highest BCUT2D eigenvalue weighted by molar-refractivity contribution is 7.15. The third-order valence-electron chi connectivity index (χ3n) is 5.30. The molecule has 0 spiro atoms. The Morgan fingerprint density at radius 1 is 1.00 bits per heavy atom. The van der Waals surface area contributed by atoms with Gasteiger partial charge in [-0.25, -0.2) is 4.98 Å². The molecule has 1 N–H and O–H groups in total. The number of carbonyl (C=O) groups excluding carboxylic acids is 1. The molecule has 33 heavy (non-hydrogen) atoms. The fourth-order valence-corrected chi connectivity index (χ4v) is 4.46. The Morgan fingerprint density at radius 3 is 2.58 bits per heavy atom. The number of carbonyl (C=O) groups is 1. The second kappa shape index (κ2) is 9.30. The van der Waals surface area contributed by atoms with Gasteiger partial charge in [-0.15, -0.1) is 11.3 Å². The minimum absolute atomic E-state index is 0.222. The molecule has 0 saturated carbocycles. The van der Waals surface area contributed by atoms with Gasteiger partial charge in [-0.2, -0.15) is 0 Å². The fraction of sp³-hybridized carbons (Fsp3) is 0.111.